The summed E-state index contributed by atoms with van der Waals surface area (Å²) < 4.78 is 11.4. The summed E-state index contributed by atoms with van der Waals surface area (Å²) >= 11 is 0. The van der Waals surface area contributed by atoms with Crippen molar-refractivity contribution >= 4 is 0 Å². The molecule has 3 heteroatoms. The molecule has 1 N–H and O–H groups in total. The van der Waals surface area contributed by atoms with Crippen LogP contribution in [0.25, 0.3) is 0 Å². The van der Waals surface area contributed by atoms with Gasteiger partial charge in [-0.15, -0.1) is 0 Å². The van der Waals surface area contributed by atoms with E-state index in [9.17, 15) is 0 Å². The summed E-state index contributed by atoms with van der Waals surface area (Å²) in [5, 5.41) is 3.47. The van der Waals surface area contributed by atoms with E-state index < -0.39 is 0 Å². The smallest absolute Gasteiger partial charge is 0.124 e. The Labute approximate surface area is 149 Å². The topological polar surface area (TPSA) is 30.5 Å². The lowest BCUT2D eigenvalue weighted by molar-refractivity contribution is 0.302. The third kappa shape index (κ3) is 4.85. The van der Waals surface area contributed by atoms with Crippen LogP contribution in [-0.2, 0) is 19.7 Å². The zero-order chi connectivity index (χ0) is 17.3. The van der Waals surface area contributed by atoms with Crippen LogP contribution in [0.5, 0.6) is 11.5 Å². The number of benzene rings is 3. The van der Waals surface area contributed by atoms with Crippen LogP contribution >= 0.6 is 0 Å². The number of hydrogen-bond donors (Lipinski definition) is 1. The number of nitrogens with one attached hydrogen (secondary N) is 1. The van der Waals surface area contributed by atoms with E-state index in [2.05, 4.69) is 29.6 Å². The molecule has 0 spiro atoms. The van der Waals surface area contributed by atoms with Gasteiger partial charge in [-0.25, -0.2) is 0 Å². The lowest BCUT2D eigenvalue weighted by Crippen LogP contribution is -2.14. The molecule has 0 heterocycles. The Morgan fingerprint density at radius 1 is 0.680 bits per heavy atom. The molecule has 0 aliphatic heterocycles. The molecule has 3 aromatic rings. The molecule has 0 fully saturated rings. The van der Waals surface area contributed by atoms with Crippen LogP contribution in [-0.4, -0.2) is 7.11 Å². The molecule has 3 nitrogen and oxygen atoms in total. The van der Waals surface area contributed by atoms with Gasteiger partial charge in [0.15, 0.2) is 0 Å². The molecule has 0 radical (unpaired) electrons. The first-order valence-electron chi connectivity index (χ1n) is 8.44. The molecule has 25 heavy (non-hydrogen) atoms. The molecule has 128 valence electrons. The number of para-hydroxylation sites is 2. The van der Waals surface area contributed by atoms with Gasteiger partial charge in [-0.3, -0.25) is 0 Å². The van der Waals surface area contributed by atoms with Crippen LogP contribution in [0.15, 0.2) is 78.9 Å². The minimum atomic E-state index is 0.574. The zero-order valence-electron chi connectivity index (χ0n) is 14.4. The first-order chi connectivity index (χ1) is 12.4. The van der Waals surface area contributed by atoms with Crippen molar-refractivity contribution in [2.75, 3.05) is 7.11 Å². The maximum absolute atomic E-state index is 6.01. The van der Waals surface area contributed by atoms with Crippen molar-refractivity contribution in [1.29, 1.82) is 0 Å². The van der Waals surface area contributed by atoms with E-state index in [0.29, 0.717) is 6.61 Å². The Morgan fingerprint density at radius 2 is 1.24 bits per heavy atom. The summed E-state index contributed by atoms with van der Waals surface area (Å²) in [6, 6.07) is 26.4. The SMILES string of the molecule is COc1ccccc1CNCc1ccccc1OCc1ccccc1. The fourth-order valence-corrected chi connectivity index (χ4v) is 2.71. The van der Waals surface area contributed by atoms with Crippen molar-refractivity contribution < 1.29 is 9.47 Å². The molecule has 3 rings (SSSR count). The molecule has 3 aromatic carbocycles. The van der Waals surface area contributed by atoms with E-state index in [1.165, 1.54) is 5.56 Å². The molecule has 0 bridgehead atoms. The monoisotopic (exact) mass is 333 g/mol. The van der Waals surface area contributed by atoms with Gasteiger partial charge < -0.3 is 14.8 Å². The summed E-state index contributed by atoms with van der Waals surface area (Å²) in [5.41, 5.74) is 3.46. The number of methoxy groups -OCH3 is 1. The van der Waals surface area contributed by atoms with Gasteiger partial charge in [0, 0.05) is 24.2 Å². The van der Waals surface area contributed by atoms with Crippen molar-refractivity contribution in [3.8, 4) is 11.5 Å². The number of ether oxygens (including phenoxy) is 2. The molecular weight excluding hydrogens is 310 g/mol. The van der Waals surface area contributed by atoms with Crippen LogP contribution < -0.4 is 14.8 Å². The van der Waals surface area contributed by atoms with Gasteiger partial charge in [-0.1, -0.05) is 66.7 Å². The minimum absolute atomic E-state index is 0.574. The van der Waals surface area contributed by atoms with Crippen molar-refractivity contribution in [3.63, 3.8) is 0 Å². The Morgan fingerprint density at radius 3 is 1.92 bits per heavy atom. The van der Waals surface area contributed by atoms with Crippen LogP contribution in [0.3, 0.4) is 0 Å². The number of rotatable bonds is 8. The lowest BCUT2D eigenvalue weighted by Gasteiger charge is -2.13. The quantitative estimate of drug-likeness (QED) is 0.655. The van der Waals surface area contributed by atoms with E-state index in [4.69, 9.17) is 9.47 Å². The fraction of sp³-hybridized carbons (Fsp3) is 0.182. The van der Waals surface area contributed by atoms with E-state index >= 15 is 0 Å². The van der Waals surface area contributed by atoms with E-state index in [0.717, 1.165) is 35.7 Å². The highest BCUT2D eigenvalue weighted by Gasteiger charge is 2.05. The Balaban J connectivity index is 1.59. The van der Waals surface area contributed by atoms with Crippen LogP contribution in [0.4, 0.5) is 0 Å². The van der Waals surface area contributed by atoms with Crippen molar-refractivity contribution in [1.82, 2.24) is 5.32 Å². The normalized spacial score (nSPS) is 10.4. The molecule has 0 saturated carbocycles. The first kappa shape index (κ1) is 17.1. The standard InChI is InChI=1S/C22H23NO2/c1-24-21-13-7-5-11-19(21)15-23-16-20-12-6-8-14-22(20)25-17-18-9-3-2-4-10-18/h2-14,23H,15-17H2,1H3. The maximum Gasteiger partial charge on any atom is 0.124 e. The molecule has 0 aliphatic carbocycles. The molecule has 0 aromatic heterocycles. The van der Waals surface area contributed by atoms with Crippen molar-refractivity contribution in [2.45, 2.75) is 19.7 Å². The highest BCUT2D eigenvalue weighted by Crippen LogP contribution is 2.20. The molecule has 0 saturated heterocycles. The van der Waals surface area contributed by atoms with Crippen molar-refractivity contribution in [2.24, 2.45) is 0 Å². The minimum Gasteiger partial charge on any atom is -0.496 e. The Kier molecular flexibility index (Phi) is 6.07. The summed E-state index contributed by atoms with van der Waals surface area (Å²) in [7, 11) is 1.70. The molecule has 0 unspecified atom stereocenters. The van der Waals surface area contributed by atoms with Gasteiger partial charge in [-0.05, 0) is 17.7 Å². The van der Waals surface area contributed by atoms with Crippen LogP contribution in [0, 0.1) is 0 Å². The van der Waals surface area contributed by atoms with Gasteiger partial charge in [0.1, 0.15) is 18.1 Å². The van der Waals surface area contributed by atoms with Crippen LogP contribution in [0.1, 0.15) is 16.7 Å². The molecule has 0 amide bonds. The van der Waals surface area contributed by atoms with E-state index in [1.807, 2.05) is 54.6 Å². The second-order valence-electron chi connectivity index (χ2n) is 5.80. The van der Waals surface area contributed by atoms with Gasteiger partial charge in [0.2, 0.25) is 0 Å². The predicted octanol–water partition coefficient (Wildman–Crippen LogP) is 4.56. The number of hydrogen-bond acceptors (Lipinski definition) is 3. The van der Waals surface area contributed by atoms with Crippen molar-refractivity contribution in [3.05, 3.63) is 95.6 Å². The second kappa shape index (κ2) is 8.90. The summed E-state index contributed by atoms with van der Waals surface area (Å²) in [4.78, 5) is 0. The van der Waals surface area contributed by atoms with Gasteiger partial charge >= 0.3 is 0 Å². The third-order valence-electron chi connectivity index (χ3n) is 4.03. The van der Waals surface area contributed by atoms with Gasteiger partial charge in [0.25, 0.3) is 0 Å². The predicted molar refractivity (Wildman–Crippen MR) is 101 cm³/mol. The summed E-state index contributed by atoms with van der Waals surface area (Å²) in [5.74, 6) is 1.82. The first-order valence-corrected chi connectivity index (χ1v) is 8.44. The van der Waals surface area contributed by atoms with E-state index in [-0.39, 0.29) is 0 Å². The van der Waals surface area contributed by atoms with Crippen LogP contribution in [0.2, 0.25) is 0 Å². The molecular formula is C22H23NO2. The fourth-order valence-electron chi connectivity index (χ4n) is 2.71. The largest absolute Gasteiger partial charge is 0.496 e. The molecule has 0 atom stereocenters. The zero-order valence-corrected chi connectivity index (χ0v) is 14.4. The Hall–Kier alpha value is -2.78. The maximum atomic E-state index is 6.01. The second-order valence-corrected chi connectivity index (χ2v) is 5.80. The summed E-state index contributed by atoms with van der Waals surface area (Å²) in [6.45, 7) is 2.06. The Bertz CT molecular complexity index is 787. The highest BCUT2D eigenvalue weighted by molar-refractivity contribution is 5.35. The van der Waals surface area contributed by atoms with E-state index in [1.54, 1.807) is 7.11 Å². The lowest BCUT2D eigenvalue weighted by atomic mass is 10.1. The molecule has 0 aliphatic rings. The third-order valence-corrected chi connectivity index (χ3v) is 4.03. The van der Waals surface area contributed by atoms with Gasteiger partial charge in [0.05, 0.1) is 7.11 Å². The summed E-state index contributed by atoms with van der Waals surface area (Å²) in [6.07, 6.45) is 0. The average Bonchev–Trinajstić information content (AvgIpc) is 2.68. The average molecular weight is 333 g/mol. The highest BCUT2D eigenvalue weighted by atomic mass is 16.5. The van der Waals surface area contributed by atoms with Gasteiger partial charge in [-0.2, -0.15) is 0 Å².